The third kappa shape index (κ3) is 4.67. The average molecular weight is 426 g/mol. The second-order valence-corrected chi connectivity index (χ2v) is 7.30. The molecule has 0 saturated carbocycles. The molecule has 0 spiro atoms. The highest BCUT2D eigenvalue weighted by Crippen LogP contribution is 2.20. The molecule has 1 heterocycles. The quantitative estimate of drug-likeness (QED) is 0.438. The number of amides is 2. The highest BCUT2D eigenvalue weighted by atomic mass is 16.2. The first-order chi connectivity index (χ1) is 15.5. The van der Waals surface area contributed by atoms with Gasteiger partial charge in [-0.05, 0) is 47.0 Å². The Labute approximate surface area is 184 Å². The van der Waals surface area contributed by atoms with E-state index in [1.54, 1.807) is 24.3 Å². The number of hydrogen-bond donors (Lipinski definition) is 3. The molecule has 4 rings (SSSR count). The molecule has 7 heteroatoms. The first-order valence-electron chi connectivity index (χ1n) is 10.1. The van der Waals surface area contributed by atoms with E-state index >= 15 is 0 Å². The molecule has 0 aliphatic rings. The summed E-state index contributed by atoms with van der Waals surface area (Å²) in [6, 6.07) is 24.7. The fourth-order valence-corrected chi connectivity index (χ4v) is 3.38. The van der Waals surface area contributed by atoms with E-state index in [4.69, 9.17) is 0 Å². The van der Waals surface area contributed by atoms with Crippen LogP contribution < -0.4 is 16.2 Å². The molecule has 3 N–H and O–H groups in total. The summed E-state index contributed by atoms with van der Waals surface area (Å²) in [4.78, 5) is 36.1. The fraction of sp³-hybridized carbons (Fsp3) is 0.0800. The molecule has 0 atom stereocenters. The normalized spacial score (nSPS) is 10.5. The van der Waals surface area contributed by atoms with Crippen LogP contribution in [0.15, 0.2) is 89.9 Å². The molecular weight excluding hydrogens is 404 g/mol. The van der Waals surface area contributed by atoms with Crippen molar-refractivity contribution in [2.75, 3.05) is 5.32 Å². The van der Waals surface area contributed by atoms with Gasteiger partial charge in [-0.25, -0.2) is 4.68 Å². The Morgan fingerprint density at radius 1 is 0.906 bits per heavy atom. The lowest BCUT2D eigenvalue weighted by Crippen LogP contribution is -2.23. The topological polar surface area (TPSA) is 96.0 Å². The number of nitrogens with zero attached hydrogens (tertiary/aromatic N) is 1. The maximum atomic E-state index is 12.6. The lowest BCUT2D eigenvalue weighted by molar-refractivity contribution is -0.114. The minimum Gasteiger partial charge on any atom is -0.348 e. The van der Waals surface area contributed by atoms with E-state index in [1.165, 1.54) is 17.8 Å². The predicted molar refractivity (Wildman–Crippen MR) is 124 cm³/mol. The molecule has 32 heavy (non-hydrogen) atoms. The van der Waals surface area contributed by atoms with Crippen molar-refractivity contribution in [2.24, 2.45) is 0 Å². The monoisotopic (exact) mass is 426 g/mol. The van der Waals surface area contributed by atoms with Gasteiger partial charge in [0.2, 0.25) is 5.91 Å². The molecule has 7 nitrogen and oxygen atoms in total. The van der Waals surface area contributed by atoms with Crippen LogP contribution in [0.1, 0.15) is 22.8 Å². The van der Waals surface area contributed by atoms with E-state index in [9.17, 15) is 14.4 Å². The second-order valence-electron chi connectivity index (χ2n) is 7.30. The summed E-state index contributed by atoms with van der Waals surface area (Å²) in [5.74, 6) is -0.533. The van der Waals surface area contributed by atoms with Crippen molar-refractivity contribution >= 4 is 17.5 Å². The molecule has 4 aromatic rings. The Morgan fingerprint density at radius 3 is 2.34 bits per heavy atom. The van der Waals surface area contributed by atoms with Crippen LogP contribution in [0, 0.1) is 0 Å². The maximum Gasteiger partial charge on any atom is 0.294 e. The Hall–Kier alpha value is -4.39. The van der Waals surface area contributed by atoms with Gasteiger partial charge in [0.1, 0.15) is 5.69 Å². The molecule has 0 aliphatic carbocycles. The highest BCUT2D eigenvalue weighted by molar-refractivity contribution is 5.94. The van der Waals surface area contributed by atoms with Crippen molar-refractivity contribution < 1.29 is 9.59 Å². The first-order valence-corrected chi connectivity index (χ1v) is 10.1. The van der Waals surface area contributed by atoms with Crippen molar-refractivity contribution in [1.82, 2.24) is 15.1 Å². The number of H-pyrrole nitrogens is 1. The molecule has 0 saturated heterocycles. The Kier molecular flexibility index (Phi) is 5.98. The third-order valence-electron chi connectivity index (χ3n) is 4.96. The Morgan fingerprint density at radius 2 is 1.62 bits per heavy atom. The van der Waals surface area contributed by atoms with Crippen LogP contribution in [0.2, 0.25) is 0 Å². The number of hydrogen-bond acceptors (Lipinski definition) is 3. The highest BCUT2D eigenvalue weighted by Gasteiger charge is 2.11. The summed E-state index contributed by atoms with van der Waals surface area (Å²) >= 11 is 0. The number of carbonyl (C=O) groups is 2. The van der Waals surface area contributed by atoms with Crippen molar-refractivity contribution in [3.05, 3.63) is 107 Å². The molecule has 160 valence electrons. The smallest absolute Gasteiger partial charge is 0.294 e. The van der Waals surface area contributed by atoms with Crippen molar-refractivity contribution in [3.63, 3.8) is 0 Å². The second kappa shape index (κ2) is 9.18. The summed E-state index contributed by atoms with van der Waals surface area (Å²) in [7, 11) is 0. The molecule has 3 aromatic carbocycles. The van der Waals surface area contributed by atoms with E-state index in [0.717, 1.165) is 16.7 Å². The van der Waals surface area contributed by atoms with Gasteiger partial charge in [-0.3, -0.25) is 19.5 Å². The van der Waals surface area contributed by atoms with Gasteiger partial charge < -0.3 is 10.6 Å². The zero-order chi connectivity index (χ0) is 22.5. The summed E-state index contributed by atoms with van der Waals surface area (Å²) in [6.45, 7) is 1.74. The first kappa shape index (κ1) is 20.9. The van der Waals surface area contributed by atoms with Gasteiger partial charge in [0.15, 0.2) is 0 Å². The van der Waals surface area contributed by atoms with Crippen LogP contribution in [0.3, 0.4) is 0 Å². The molecule has 1 aromatic heterocycles. The van der Waals surface area contributed by atoms with E-state index < -0.39 is 0 Å². The Bertz CT molecular complexity index is 1310. The number of carbonyl (C=O) groups excluding carboxylic acids is 2. The number of anilines is 1. The predicted octanol–water partition coefficient (Wildman–Crippen LogP) is 3.72. The maximum absolute atomic E-state index is 12.6. The van der Waals surface area contributed by atoms with Crippen LogP contribution >= 0.6 is 0 Å². The van der Waals surface area contributed by atoms with E-state index in [0.29, 0.717) is 17.8 Å². The molecule has 2 amide bonds. The summed E-state index contributed by atoms with van der Waals surface area (Å²) in [6.07, 6.45) is 1.42. The van der Waals surface area contributed by atoms with Gasteiger partial charge in [0, 0.05) is 25.2 Å². The van der Waals surface area contributed by atoms with Crippen molar-refractivity contribution in [3.8, 4) is 16.8 Å². The minimum atomic E-state index is -0.379. The van der Waals surface area contributed by atoms with Gasteiger partial charge >= 0.3 is 0 Å². The third-order valence-corrected chi connectivity index (χ3v) is 4.96. The molecule has 0 aliphatic heterocycles. The van der Waals surface area contributed by atoms with Gasteiger partial charge in [0.05, 0.1) is 5.69 Å². The fourth-order valence-electron chi connectivity index (χ4n) is 3.38. The number of benzene rings is 3. The van der Waals surface area contributed by atoms with Gasteiger partial charge in [-0.1, -0.05) is 48.5 Å². The zero-order valence-corrected chi connectivity index (χ0v) is 17.5. The van der Waals surface area contributed by atoms with E-state index in [1.807, 2.05) is 48.5 Å². The van der Waals surface area contributed by atoms with E-state index in [2.05, 4.69) is 21.8 Å². The summed E-state index contributed by atoms with van der Waals surface area (Å²) in [5.41, 5.74) is 4.04. The lowest BCUT2D eigenvalue weighted by atomic mass is 10.0. The zero-order valence-electron chi connectivity index (χ0n) is 17.5. The summed E-state index contributed by atoms with van der Waals surface area (Å²) < 4.78 is 1.29. The minimum absolute atomic E-state index is 0.164. The average Bonchev–Trinajstić information content (AvgIpc) is 3.17. The molecule has 0 radical (unpaired) electrons. The van der Waals surface area contributed by atoms with Crippen LogP contribution in [0.4, 0.5) is 5.69 Å². The number of aromatic nitrogens is 2. The molecule has 0 fully saturated rings. The van der Waals surface area contributed by atoms with E-state index in [-0.39, 0.29) is 23.1 Å². The molecule has 0 unspecified atom stereocenters. The number of rotatable bonds is 6. The van der Waals surface area contributed by atoms with Gasteiger partial charge in [-0.2, -0.15) is 0 Å². The summed E-state index contributed by atoms with van der Waals surface area (Å²) in [5, 5.41) is 8.20. The van der Waals surface area contributed by atoms with Crippen LogP contribution in [-0.4, -0.2) is 21.6 Å². The number of nitrogens with one attached hydrogen (secondary N) is 3. The van der Waals surface area contributed by atoms with Gasteiger partial charge in [-0.15, -0.1) is 0 Å². The standard InChI is InChI=1S/C25H22N4O3/c1-17(30)28-23-16-27-29(25(23)32)22-12-10-20(11-13-22)24(31)26-15-18-6-5-9-21(14-18)19-7-3-2-4-8-19/h2-14,16,27H,15H2,1H3,(H,26,31)(H,28,30). The van der Waals surface area contributed by atoms with Crippen LogP contribution in [0.25, 0.3) is 16.8 Å². The number of aromatic amines is 1. The largest absolute Gasteiger partial charge is 0.348 e. The van der Waals surface area contributed by atoms with Gasteiger partial charge in [0.25, 0.3) is 11.5 Å². The molecular formula is C25H22N4O3. The van der Waals surface area contributed by atoms with Crippen LogP contribution in [0.5, 0.6) is 0 Å². The molecule has 0 bridgehead atoms. The lowest BCUT2D eigenvalue weighted by Gasteiger charge is -2.08. The SMILES string of the molecule is CC(=O)Nc1c[nH]n(-c2ccc(C(=O)NCc3cccc(-c4ccccc4)c3)cc2)c1=O. The van der Waals surface area contributed by atoms with Crippen LogP contribution in [-0.2, 0) is 11.3 Å². The van der Waals surface area contributed by atoms with Crippen molar-refractivity contribution in [1.29, 1.82) is 0 Å². The van der Waals surface area contributed by atoms with Crippen molar-refractivity contribution in [2.45, 2.75) is 13.5 Å². The Balaban J connectivity index is 1.42.